The minimum atomic E-state index is -0.461. The van der Waals surface area contributed by atoms with Gasteiger partial charge in [-0.25, -0.2) is 0 Å². The average molecular weight is 256 g/mol. The predicted octanol–water partition coefficient (Wildman–Crippen LogP) is 1.26. The highest BCUT2D eigenvalue weighted by Crippen LogP contribution is 2.09. The second-order valence-electron chi connectivity index (χ2n) is 4.39. The van der Waals surface area contributed by atoms with Crippen LogP contribution in [0.5, 0.6) is 0 Å². The van der Waals surface area contributed by atoms with Gasteiger partial charge >= 0.3 is 5.97 Å². The van der Waals surface area contributed by atoms with Crippen molar-refractivity contribution in [2.75, 3.05) is 6.26 Å². The van der Waals surface area contributed by atoms with Crippen molar-refractivity contribution in [3.05, 3.63) is 5.82 Å². The number of hydrogen-bond donors (Lipinski definition) is 0. The topological polar surface area (TPSA) is 77.9 Å². The summed E-state index contributed by atoms with van der Waals surface area (Å²) in [5, 5.41) is 15.9. The Hall–Kier alpha value is -1.24. The van der Waals surface area contributed by atoms with Gasteiger partial charge < -0.3 is 4.74 Å². The molecule has 1 aromatic heterocycles. The summed E-state index contributed by atoms with van der Waals surface area (Å²) in [5.41, 5.74) is -0.461. The lowest BCUT2D eigenvalue weighted by Crippen LogP contribution is -2.24. The molecule has 0 aliphatic carbocycles. The number of ether oxygens (including phenoxy) is 1. The van der Waals surface area contributed by atoms with Crippen LogP contribution >= 0.6 is 11.8 Å². The molecule has 1 heterocycles. The van der Waals surface area contributed by atoms with Gasteiger partial charge in [0.1, 0.15) is 5.60 Å². The van der Waals surface area contributed by atoms with Crippen molar-refractivity contribution in [3.63, 3.8) is 0 Å². The average Bonchev–Trinajstić information content (AvgIpc) is 2.25. The van der Waals surface area contributed by atoms with E-state index in [0.29, 0.717) is 17.4 Å². The number of thioether (sulfide) groups is 1. The zero-order valence-electron chi connectivity index (χ0n) is 10.4. The van der Waals surface area contributed by atoms with E-state index in [1.54, 1.807) is 0 Å². The number of nitrogens with zero attached hydrogens (tertiary/aromatic N) is 4. The van der Waals surface area contributed by atoms with Crippen molar-refractivity contribution in [2.45, 2.75) is 44.4 Å². The number of rotatable bonds is 4. The van der Waals surface area contributed by atoms with E-state index in [1.807, 2.05) is 27.0 Å². The molecule has 6 nitrogen and oxygen atoms in total. The highest BCUT2D eigenvalue weighted by molar-refractivity contribution is 7.98. The number of aryl methyl sites for hydroxylation is 1. The van der Waals surface area contributed by atoms with Crippen LogP contribution in [0, 0.1) is 0 Å². The molecule has 1 rings (SSSR count). The molecule has 0 atom stereocenters. The van der Waals surface area contributed by atoms with E-state index in [9.17, 15) is 4.79 Å². The molecule has 17 heavy (non-hydrogen) atoms. The van der Waals surface area contributed by atoms with Gasteiger partial charge in [0.2, 0.25) is 5.16 Å². The van der Waals surface area contributed by atoms with E-state index in [-0.39, 0.29) is 12.4 Å². The highest BCUT2D eigenvalue weighted by atomic mass is 32.2. The zero-order valence-corrected chi connectivity index (χ0v) is 11.2. The fourth-order valence-corrected chi connectivity index (χ4v) is 1.27. The summed E-state index contributed by atoms with van der Waals surface area (Å²) in [6, 6.07) is 0. The van der Waals surface area contributed by atoms with E-state index < -0.39 is 5.60 Å². The van der Waals surface area contributed by atoms with Crippen molar-refractivity contribution in [1.82, 2.24) is 20.4 Å². The molecule has 0 saturated carbocycles. The van der Waals surface area contributed by atoms with E-state index in [1.165, 1.54) is 11.8 Å². The Bertz CT molecular complexity index is 375. The molecule has 0 radical (unpaired) electrons. The first-order chi connectivity index (χ1) is 7.90. The van der Waals surface area contributed by atoms with Crippen LogP contribution in [0.3, 0.4) is 0 Å². The summed E-state index contributed by atoms with van der Waals surface area (Å²) in [6.45, 7) is 5.49. The summed E-state index contributed by atoms with van der Waals surface area (Å²) in [4.78, 5) is 11.4. The van der Waals surface area contributed by atoms with Crippen molar-refractivity contribution in [3.8, 4) is 0 Å². The lowest BCUT2D eigenvalue weighted by Gasteiger charge is -2.19. The molecule has 1 aromatic rings. The molecule has 0 bridgehead atoms. The van der Waals surface area contributed by atoms with E-state index in [0.717, 1.165) is 0 Å². The standard InChI is InChI=1S/C10H16N4O2S/c1-10(2,3)16-8(15)6-5-7-11-13-9(17-4)14-12-7/h5-6H2,1-4H3. The molecule has 0 aliphatic rings. The molecular weight excluding hydrogens is 240 g/mol. The molecule has 0 fully saturated rings. The molecule has 0 unspecified atom stereocenters. The van der Waals surface area contributed by atoms with Crippen molar-refractivity contribution < 1.29 is 9.53 Å². The Morgan fingerprint density at radius 2 is 1.82 bits per heavy atom. The first-order valence-corrected chi connectivity index (χ1v) is 6.45. The Morgan fingerprint density at radius 3 is 2.29 bits per heavy atom. The Kier molecular flexibility index (Phi) is 4.80. The number of hydrogen-bond acceptors (Lipinski definition) is 7. The van der Waals surface area contributed by atoms with Crippen molar-refractivity contribution in [1.29, 1.82) is 0 Å². The second-order valence-corrected chi connectivity index (χ2v) is 5.16. The van der Waals surface area contributed by atoms with Crippen LogP contribution in [-0.2, 0) is 16.0 Å². The number of esters is 1. The maximum atomic E-state index is 11.4. The minimum absolute atomic E-state index is 0.235. The molecule has 0 saturated heterocycles. The normalized spacial score (nSPS) is 11.3. The Labute approximate surface area is 105 Å². The lowest BCUT2D eigenvalue weighted by atomic mass is 10.2. The maximum Gasteiger partial charge on any atom is 0.306 e. The third-order valence-electron chi connectivity index (χ3n) is 1.66. The third-order valence-corrected chi connectivity index (χ3v) is 2.19. The van der Waals surface area contributed by atoms with Gasteiger partial charge in [-0.2, -0.15) is 0 Å². The van der Waals surface area contributed by atoms with Gasteiger partial charge in [0.15, 0.2) is 5.82 Å². The van der Waals surface area contributed by atoms with E-state index >= 15 is 0 Å². The summed E-state index contributed by atoms with van der Waals surface area (Å²) in [6.07, 6.45) is 2.47. The van der Waals surface area contributed by atoms with Crippen LogP contribution in [0.25, 0.3) is 0 Å². The molecule has 0 spiro atoms. The van der Waals surface area contributed by atoms with Gasteiger partial charge in [-0.15, -0.1) is 20.4 Å². The zero-order chi connectivity index (χ0) is 12.9. The maximum absolute atomic E-state index is 11.4. The van der Waals surface area contributed by atoms with Crippen LogP contribution in [0.4, 0.5) is 0 Å². The summed E-state index contributed by atoms with van der Waals surface area (Å²) >= 11 is 1.37. The van der Waals surface area contributed by atoms with Crippen LogP contribution in [0.15, 0.2) is 5.16 Å². The summed E-state index contributed by atoms with van der Waals surface area (Å²) in [7, 11) is 0. The molecule has 0 aromatic carbocycles. The quantitative estimate of drug-likeness (QED) is 0.592. The van der Waals surface area contributed by atoms with Gasteiger partial charge in [0.25, 0.3) is 0 Å². The minimum Gasteiger partial charge on any atom is -0.460 e. The first kappa shape index (κ1) is 13.8. The summed E-state index contributed by atoms with van der Waals surface area (Å²) in [5.74, 6) is 0.184. The number of aromatic nitrogens is 4. The van der Waals surface area contributed by atoms with Crippen molar-refractivity contribution in [2.24, 2.45) is 0 Å². The SMILES string of the molecule is CSc1nnc(CCC(=O)OC(C)(C)C)nn1. The van der Waals surface area contributed by atoms with Crippen LogP contribution in [0.1, 0.15) is 33.0 Å². The lowest BCUT2D eigenvalue weighted by molar-refractivity contribution is -0.154. The van der Waals surface area contributed by atoms with Gasteiger partial charge in [-0.3, -0.25) is 4.79 Å². The first-order valence-electron chi connectivity index (χ1n) is 5.23. The second kappa shape index (κ2) is 5.90. The van der Waals surface area contributed by atoms with Gasteiger partial charge in [-0.05, 0) is 27.0 Å². The van der Waals surface area contributed by atoms with Crippen LogP contribution < -0.4 is 0 Å². The largest absolute Gasteiger partial charge is 0.460 e. The predicted molar refractivity (Wildman–Crippen MR) is 63.6 cm³/mol. The van der Waals surface area contributed by atoms with E-state index in [4.69, 9.17) is 4.74 Å². The highest BCUT2D eigenvalue weighted by Gasteiger charge is 2.16. The van der Waals surface area contributed by atoms with Gasteiger partial charge in [-0.1, -0.05) is 11.8 Å². The summed E-state index contributed by atoms with van der Waals surface area (Å²) < 4.78 is 5.16. The fourth-order valence-electron chi connectivity index (χ4n) is 1.03. The molecule has 0 aliphatic heterocycles. The molecule has 7 heteroatoms. The molecular formula is C10H16N4O2S. The van der Waals surface area contributed by atoms with Gasteiger partial charge in [0, 0.05) is 6.42 Å². The third kappa shape index (κ3) is 5.58. The molecule has 0 amide bonds. The Morgan fingerprint density at radius 1 is 1.24 bits per heavy atom. The van der Waals surface area contributed by atoms with Crippen LogP contribution in [-0.4, -0.2) is 38.2 Å². The van der Waals surface area contributed by atoms with Gasteiger partial charge in [0.05, 0.1) is 6.42 Å². The van der Waals surface area contributed by atoms with Crippen LogP contribution in [0.2, 0.25) is 0 Å². The monoisotopic (exact) mass is 256 g/mol. The smallest absolute Gasteiger partial charge is 0.306 e. The number of carbonyl (C=O) groups is 1. The number of carbonyl (C=O) groups excluding carboxylic acids is 1. The molecule has 0 N–H and O–H groups in total. The molecule has 94 valence electrons. The van der Waals surface area contributed by atoms with Crippen molar-refractivity contribution >= 4 is 17.7 Å². The van der Waals surface area contributed by atoms with E-state index in [2.05, 4.69) is 20.4 Å². The Balaban J connectivity index is 2.42. The fraction of sp³-hybridized carbons (Fsp3) is 0.700.